The molecule has 1 fully saturated rings. The minimum Gasteiger partial charge on any atom is -0.323 e. The van der Waals surface area contributed by atoms with Crippen LogP contribution in [0.25, 0.3) is 0 Å². The van der Waals surface area contributed by atoms with Crippen molar-refractivity contribution in [2.45, 2.75) is 18.9 Å². The largest absolute Gasteiger partial charge is 0.324 e. The lowest BCUT2D eigenvalue weighted by Gasteiger charge is -2.04. The van der Waals surface area contributed by atoms with Crippen molar-refractivity contribution in [1.82, 2.24) is 0 Å². The van der Waals surface area contributed by atoms with E-state index in [4.69, 9.17) is 5.73 Å². The first kappa shape index (κ1) is 8.65. The summed E-state index contributed by atoms with van der Waals surface area (Å²) in [6.07, 6.45) is 2.32. The molecule has 0 aromatic carbocycles. The second-order valence-electron chi connectivity index (χ2n) is 3.30. The van der Waals surface area contributed by atoms with Crippen LogP contribution in [0.3, 0.4) is 0 Å². The van der Waals surface area contributed by atoms with Crippen molar-refractivity contribution in [3.63, 3.8) is 0 Å². The quantitative estimate of drug-likeness (QED) is 0.597. The lowest BCUT2D eigenvalue weighted by molar-refractivity contribution is -0.380. The van der Waals surface area contributed by atoms with Crippen molar-refractivity contribution < 1.29 is 4.92 Å². The molecule has 0 bridgehead atoms. The van der Waals surface area contributed by atoms with Crippen LogP contribution in [0, 0.1) is 16.0 Å². The van der Waals surface area contributed by atoms with Gasteiger partial charge in [0.25, 0.3) is 0 Å². The topological polar surface area (TPSA) is 69.2 Å². The van der Waals surface area contributed by atoms with E-state index in [0.717, 1.165) is 17.7 Å². The van der Waals surface area contributed by atoms with E-state index in [9.17, 15) is 10.1 Å². The average Bonchev–Trinajstić information content (AvgIpc) is 2.81. The highest BCUT2D eigenvalue weighted by Gasteiger charge is 2.31. The molecule has 5 heteroatoms. The number of rotatable bonds is 3. The van der Waals surface area contributed by atoms with E-state index >= 15 is 0 Å². The second kappa shape index (κ2) is 3.08. The van der Waals surface area contributed by atoms with Crippen LogP contribution < -0.4 is 5.73 Å². The number of thiophene rings is 1. The third-order valence-corrected chi connectivity index (χ3v) is 3.39. The molecule has 0 radical (unpaired) electrons. The summed E-state index contributed by atoms with van der Waals surface area (Å²) in [5.74, 6) is 0.554. The number of hydrogen-bond acceptors (Lipinski definition) is 4. The molecule has 1 aliphatic carbocycles. The monoisotopic (exact) mass is 198 g/mol. The van der Waals surface area contributed by atoms with Crippen molar-refractivity contribution in [2.24, 2.45) is 11.7 Å². The molecule has 0 aliphatic heterocycles. The molecule has 1 saturated carbocycles. The van der Waals surface area contributed by atoms with Crippen LogP contribution in [0.2, 0.25) is 0 Å². The van der Waals surface area contributed by atoms with Gasteiger partial charge in [0.2, 0.25) is 0 Å². The van der Waals surface area contributed by atoms with E-state index in [1.807, 2.05) is 0 Å². The Bertz CT molecular complexity index is 333. The van der Waals surface area contributed by atoms with Gasteiger partial charge in [0.15, 0.2) is 0 Å². The Kier molecular flexibility index (Phi) is 2.05. The maximum atomic E-state index is 10.4. The van der Waals surface area contributed by atoms with Gasteiger partial charge in [-0.15, -0.1) is 0 Å². The summed E-state index contributed by atoms with van der Waals surface area (Å²) in [7, 11) is 0. The molecule has 0 unspecified atom stereocenters. The van der Waals surface area contributed by atoms with Gasteiger partial charge in [-0.05, 0) is 24.8 Å². The standard InChI is InChI=1S/C8H10N2O2S/c9-8(5-1-2-5)6-3-4-7(13-6)10(11)12/h3-5,8H,1-2,9H2/t8-/m1/s1. The van der Waals surface area contributed by atoms with Crippen LogP contribution in [0.15, 0.2) is 12.1 Å². The van der Waals surface area contributed by atoms with Crippen molar-refractivity contribution in [1.29, 1.82) is 0 Å². The average molecular weight is 198 g/mol. The zero-order valence-electron chi connectivity index (χ0n) is 6.97. The first-order valence-corrected chi connectivity index (χ1v) is 5.00. The van der Waals surface area contributed by atoms with Crippen LogP contribution >= 0.6 is 11.3 Å². The van der Waals surface area contributed by atoms with Gasteiger partial charge in [0.1, 0.15) is 0 Å². The lowest BCUT2D eigenvalue weighted by atomic mass is 10.2. The fourth-order valence-electron chi connectivity index (χ4n) is 1.31. The Labute approximate surface area is 79.5 Å². The molecule has 1 aromatic rings. The van der Waals surface area contributed by atoms with E-state index in [-0.39, 0.29) is 16.0 Å². The van der Waals surface area contributed by atoms with Gasteiger partial charge in [0.05, 0.1) is 4.92 Å². The second-order valence-corrected chi connectivity index (χ2v) is 4.39. The predicted octanol–water partition coefficient (Wildman–Crippen LogP) is 2.07. The molecule has 0 saturated heterocycles. The number of nitro groups is 1. The Balaban J connectivity index is 2.16. The zero-order valence-corrected chi connectivity index (χ0v) is 7.79. The van der Waals surface area contributed by atoms with Gasteiger partial charge in [-0.25, -0.2) is 0 Å². The third kappa shape index (κ3) is 1.71. The molecular weight excluding hydrogens is 188 g/mol. The maximum absolute atomic E-state index is 10.4. The zero-order chi connectivity index (χ0) is 9.42. The third-order valence-electron chi connectivity index (χ3n) is 2.25. The van der Waals surface area contributed by atoms with Gasteiger partial charge in [0, 0.05) is 17.0 Å². The normalized spacial score (nSPS) is 18.5. The summed E-state index contributed by atoms with van der Waals surface area (Å²) >= 11 is 1.19. The smallest absolute Gasteiger partial charge is 0.323 e. The summed E-state index contributed by atoms with van der Waals surface area (Å²) in [5.41, 5.74) is 5.90. The molecule has 1 atom stereocenters. The Morgan fingerprint density at radius 1 is 1.62 bits per heavy atom. The molecule has 13 heavy (non-hydrogen) atoms. The minimum absolute atomic E-state index is 0.0127. The molecule has 0 spiro atoms. The van der Waals surface area contributed by atoms with Crippen molar-refractivity contribution in [3.05, 3.63) is 27.1 Å². The van der Waals surface area contributed by atoms with Crippen LogP contribution in [-0.4, -0.2) is 4.92 Å². The molecular formula is C8H10N2O2S. The molecule has 2 rings (SSSR count). The summed E-state index contributed by atoms with van der Waals surface area (Å²) in [5, 5.41) is 10.6. The molecule has 4 nitrogen and oxygen atoms in total. The van der Waals surface area contributed by atoms with Crippen LogP contribution in [0.4, 0.5) is 5.00 Å². The Hall–Kier alpha value is -0.940. The molecule has 2 N–H and O–H groups in total. The van der Waals surface area contributed by atoms with Gasteiger partial charge in [-0.3, -0.25) is 10.1 Å². The highest BCUT2D eigenvalue weighted by Crippen LogP contribution is 2.42. The van der Waals surface area contributed by atoms with Gasteiger partial charge < -0.3 is 5.73 Å². The molecule has 1 heterocycles. The van der Waals surface area contributed by atoms with Crippen LogP contribution in [-0.2, 0) is 0 Å². The predicted molar refractivity (Wildman–Crippen MR) is 50.6 cm³/mol. The highest BCUT2D eigenvalue weighted by molar-refractivity contribution is 7.15. The molecule has 70 valence electrons. The van der Waals surface area contributed by atoms with Gasteiger partial charge >= 0.3 is 5.00 Å². The Morgan fingerprint density at radius 2 is 2.31 bits per heavy atom. The maximum Gasteiger partial charge on any atom is 0.324 e. The van der Waals surface area contributed by atoms with E-state index in [1.54, 1.807) is 6.07 Å². The SMILES string of the molecule is N[C@@H](c1ccc([N+](=O)[O-])s1)C1CC1. The molecule has 1 aromatic heterocycles. The van der Waals surface area contributed by atoms with Gasteiger partial charge in [-0.1, -0.05) is 11.3 Å². The lowest BCUT2D eigenvalue weighted by Crippen LogP contribution is -2.10. The number of nitrogens with zero attached hydrogens (tertiary/aromatic N) is 1. The fraction of sp³-hybridized carbons (Fsp3) is 0.500. The van der Waals surface area contributed by atoms with E-state index in [2.05, 4.69) is 0 Å². The summed E-state index contributed by atoms with van der Waals surface area (Å²) < 4.78 is 0. The summed E-state index contributed by atoms with van der Waals surface area (Å²) in [6, 6.07) is 3.31. The van der Waals surface area contributed by atoms with Crippen LogP contribution in [0.1, 0.15) is 23.8 Å². The molecule has 0 amide bonds. The van der Waals surface area contributed by atoms with Crippen molar-refractivity contribution in [2.75, 3.05) is 0 Å². The first-order chi connectivity index (χ1) is 6.18. The minimum atomic E-state index is -0.367. The van der Waals surface area contributed by atoms with Crippen molar-refractivity contribution in [3.8, 4) is 0 Å². The van der Waals surface area contributed by atoms with E-state index < -0.39 is 0 Å². The van der Waals surface area contributed by atoms with Crippen LogP contribution in [0.5, 0.6) is 0 Å². The fourth-order valence-corrected chi connectivity index (χ4v) is 2.22. The molecule has 1 aliphatic rings. The highest BCUT2D eigenvalue weighted by atomic mass is 32.1. The van der Waals surface area contributed by atoms with Gasteiger partial charge in [-0.2, -0.15) is 0 Å². The summed E-state index contributed by atoms with van der Waals surface area (Å²) in [6.45, 7) is 0. The number of nitrogens with two attached hydrogens (primary N) is 1. The number of hydrogen-bond donors (Lipinski definition) is 1. The van der Waals surface area contributed by atoms with Crippen molar-refractivity contribution >= 4 is 16.3 Å². The Morgan fingerprint density at radius 3 is 2.77 bits per heavy atom. The van der Waals surface area contributed by atoms with E-state index in [0.29, 0.717) is 5.92 Å². The first-order valence-electron chi connectivity index (χ1n) is 4.18. The summed E-state index contributed by atoms with van der Waals surface area (Å²) in [4.78, 5) is 11.0. The van der Waals surface area contributed by atoms with E-state index in [1.165, 1.54) is 17.4 Å².